The van der Waals surface area contributed by atoms with Gasteiger partial charge in [0.15, 0.2) is 0 Å². The zero-order valence-corrected chi connectivity index (χ0v) is 10.6. The highest BCUT2D eigenvalue weighted by Crippen LogP contribution is 2.22. The zero-order valence-electron chi connectivity index (χ0n) is 9.80. The Morgan fingerprint density at radius 2 is 2.11 bits per heavy atom. The van der Waals surface area contributed by atoms with E-state index in [1.165, 1.54) is 12.3 Å². The summed E-state index contributed by atoms with van der Waals surface area (Å²) in [7, 11) is 0. The highest BCUT2D eigenvalue weighted by atomic mass is 35.5. The van der Waals surface area contributed by atoms with Crippen molar-refractivity contribution in [1.29, 1.82) is 0 Å². The smallest absolute Gasteiger partial charge is 0.389 e. The SMILES string of the molecule is O=C(O)c1cc(NCCCCC(F)(F)F)ncc1Cl. The van der Waals surface area contributed by atoms with Crippen molar-refractivity contribution in [2.45, 2.75) is 25.4 Å². The molecule has 0 saturated heterocycles. The predicted molar refractivity (Wildman–Crippen MR) is 64.6 cm³/mol. The third-order valence-corrected chi connectivity index (χ3v) is 2.58. The summed E-state index contributed by atoms with van der Waals surface area (Å²) in [6, 6.07) is 1.24. The van der Waals surface area contributed by atoms with Crippen LogP contribution in [0.2, 0.25) is 5.02 Å². The number of halogens is 4. The lowest BCUT2D eigenvalue weighted by Gasteiger charge is -2.08. The maximum Gasteiger partial charge on any atom is 0.389 e. The van der Waals surface area contributed by atoms with Crippen molar-refractivity contribution >= 4 is 23.4 Å². The van der Waals surface area contributed by atoms with Crippen molar-refractivity contribution in [3.63, 3.8) is 0 Å². The highest BCUT2D eigenvalue weighted by Gasteiger charge is 2.25. The number of carboxylic acid groups (broad SMARTS) is 1. The second-order valence-electron chi connectivity index (χ2n) is 3.85. The van der Waals surface area contributed by atoms with E-state index in [1.807, 2.05) is 0 Å². The lowest BCUT2D eigenvalue weighted by Crippen LogP contribution is -2.09. The molecular weight excluding hydrogens is 285 g/mol. The van der Waals surface area contributed by atoms with E-state index in [9.17, 15) is 18.0 Å². The van der Waals surface area contributed by atoms with Crippen LogP contribution in [0.5, 0.6) is 0 Å². The number of carbonyl (C=O) groups is 1. The number of aromatic nitrogens is 1. The van der Waals surface area contributed by atoms with Gasteiger partial charge in [-0.25, -0.2) is 9.78 Å². The Morgan fingerprint density at radius 3 is 2.68 bits per heavy atom. The van der Waals surface area contributed by atoms with Crippen molar-refractivity contribution in [2.75, 3.05) is 11.9 Å². The minimum atomic E-state index is -4.14. The first-order valence-corrected chi connectivity index (χ1v) is 5.87. The van der Waals surface area contributed by atoms with Crippen LogP contribution >= 0.6 is 11.6 Å². The molecule has 8 heteroatoms. The molecule has 0 unspecified atom stereocenters. The summed E-state index contributed by atoms with van der Waals surface area (Å²) in [5, 5.41) is 11.6. The van der Waals surface area contributed by atoms with E-state index in [-0.39, 0.29) is 29.4 Å². The quantitative estimate of drug-likeness (QED) is 0.788. The van der Waals surface area contributed by atoms with Gasteiger partial charge >= 0.3 is 12.1 Å². The van der Waals surface area contributed by atoms with Crippen molar-refractivity contribution < 1.29 is 23.1 Å². The Morgan fingerprint density at radius 1 is 1.42 bits per heavy atom. The molecule has 1 aromatic rings. The fourth-order valence-corrected chi connectivity index (χ4v) is 1.55. The fourth-order valence-electron chi connectivity index (χ4n) is 1.37. The largest absolute Gasteiger partial charge is 0.478 e. The number of unbranched alkanes of at least 4 members (excludes halogenated alkanes) is 1. The summed E-state index contributed by atoms with van der Waals surface area (Å²) >= 11 is 5.63. The van der Waals surface area contributed by atoms with Gasteiger partial charge in [-0.1, -0.05) is 11.6 Å². The van der Waals surface area contributed by atoms with E-state index in [4.69, 9.17) is 16.7 Å². The molecule has 0 spiro atoms. The summed E-state index contributed by atoms with van der Waals surface area (Å²) in [6.45, 7) is 0.282. The van der Waals surface area contributed by atoms with Crippen molar-refractivity contribution in [3.05, 3.63) is 22.8 Å². The van der Waals surface area contributed by atoms with E-state index in [0.717, 1.165) is 0 Å². The van der Waals surface area contributed by atoms with E-state index in [0.29, 0.717) is 6.42 Å². The van der Waals surface area contributed by atoms with Crippen LogP contribution in [0, 0.1) is 0 Å². The lowest BCUT2D eigenvalue weighted by atomic mass is 10.2. The van der Waals surface area contributed by atoms with Gasteiger partial charge in [0, 0.05) is 19.2 Å². The van der Waals surface area contributed by atoms with Gasteiger partial charge < -0.3 is 10.4 Å². The van der Waals surface area contributed by atoms with Gasteiger partial charge in [0.1, 0.15) is 5.82 Å². The molecule has 0 aliphatic rings. The minimum Gasteiger partial charge on any atom is -0.478 e. The van der Waals surface area contributed by atoms with Gasteiger partial charge in [-0.3, -0.25) is 0 Å². The molecule has 19 heavy (non-hydrogen) atoms. The molecule has 0 fully saturated rings. The average molecular weight is 297 g/mol. The Hall–Kier alpha value is -1.50. The summed E-state index contributed by atoms with van der Waals surface area (Å²) in [4.78, 5) is 14.6. The van der Waals surface area contributed by atoms with Gasteiger partial charge in [-0.2, -0.15) is 13.2 Å². The van der Waals surface area contributed by atoms with Crippen molar-refractivity contribution in [1.82, 2.24) is 4.98 Å². The third kappa shape index (κ3) is 5.78. The van der Waals surface area contributed by atoms with Crippen LogP contribution in [-0.4, -0.2) is 28.8 Å². The predicted octanol–water partition coefficient (Wildman–Crippen LogP) is 3.58. The Balaban J connectivity index is 2.42. The molecule has 1 rings (SSSR count). The Kier molecular flexibility index (Phi) is 5.41. The van der Waals surface area contributed by atoms with Crippen LogP contribution < -0.4 is 5.32 Å². The first kappa shape index (κ1) is 15.6. The third-order valence-electron chi connectivity index (χ3n) is 2.28. The first-order chi connectivity index (χ1) is 8.79. The molecule has 0 atom stereocenters. The molecule has 0 aromatic carbocycles. The zero-order chi connectivity index (χ0) is 14.5. The summed E-state index contributed by atoms with van der Waals surface area (Å²) in [6.07, 6.45) is -3.47. The van der Waals surface area contributed by atoms with Gasteiger partial charge in [-0.05, 0) is 18.9 Å². The van der Waals surface area contributed by atoms with Gasteiger partial charge in [0.05, 0.1) is 10.6 Å². The van der Waals surface area contributed by atoms with Crippen LogP contribution in [0.4, 0.5) is 19.0 Å². The van der Waals surface area contributed by atoms with Crippen LogP contribution in [0.3, 0.4) is 0 Å². The van der Waals surface area contributed by atoms with Crippen molar-refractivity contribution in [3.8, 4) is 0 Å². The molecule has 0 aliphatic carbocycles. The molecule has 2 N–H and O–H groups in total. The van der Waals surface area contributed by atoms with Crippen LogP contribution in [-0.2, 0) is 0 Å². The van der Waals surface area contributed by atoms with Gasteiger partial charge in [0.25, 0.3) is 0 Å². The monoisotopic (exact) mass is 296 g/mol. The first-order valence-electron chi connectivity index (χ1n) is 5.49. The molecule has 0 radical (unpaired) electrons. The summed E-state index contributed by atoms with van der Waals surface area (Å²) in [5.74, 6) is -0.915. The normalized spacial score (nSPS) is 11.4. The molecular formula is C11H12ClF3N2O2. The topological polar surface area (TPSA) is 62.2 Å². The van der Waals surface area contributed by atoms with Crippen LogP contribution in [0.1, 0.15) is 29.6 Å². The van der Waals surface area contributed by atoms with Gasteiger partial charge in [-0.15, -0.1) is 0 Å². The number of rotatable bonds is 6. The molecule has 0 bridgehead atoms. The number of hydrogen-bond donors (Lipinski definition) is 2. The molecule has 0 amide bonds. The highest BCUT2D eigenvalue weighted by molar-refractivity contribution is 6.33. The number of aromatic carboxylic acids is 1. The second kappa shape index (κ2) is 6.60. The maximum atomic E-state index is 11.9. The average Bonchev–Trinajstić information content (AvgIpc) is 2.29. The Bertz CT molecular complexity index is 452. The number of nitrogens with one attached hydrogen (secondary N) is 1. The Labute approximate surface area is 112 Å². The number of nitrogens with zero attached hydrogens (tertiary/aromatic N) is 1. The molecule has 1 heterocycles. The number of alkyl halides is 3. The van der Waals surface area contributed by atoms with Crippen LogP contribution in [0.15, 0.2) is 12.3 Å². The lowest BCUT2D eigenvalue weighted by molar-refractivity contribution is -0.135. The molecule has 4 nitrogen and oxygen atoms in total. The van der Waals surface area contributed by atoms with Gasteiger partial charge in [0.2, 0.25) is 0 Å². The standard InChI is InChI=1S/C11H12ClF3N2O2/c12-8-6-17-9(5-7(8)10(18)19)16-4-2-1-3-11(13,14)15/h5-6H,1-4H2,(H,16,17)(H,18,19). The summed E-state index contributed by atoms with van der Waals surface area (Å²) in [5.41, 5.74) is -0.102. The number of hydrogen-bond acceptors (Lipinski definition) is 3. The fraction of sp³-hybridized carbons (Fsp3) is 0.455. The number of pyridine rings is 1. The van der Waals surface area contributed by atoms with E-state index in [1.54, 1.807) is 0 Å². The number of anilines is 1. The molecule has 0 aliphatic heterocycles. The molecule has 0 saturated carbocycles. The van der Waals surface area contributed by atoms with Crippen LogP contribution in [0.25, 0.3) is 0 Å². The van der Waals surface area contributed by atoms with E-state index < -0.39 is 18.6 Å². The number of carboxylic acids is 1. The maximum absolute atomic E-state index is 11.9. The molecule has 106 valence electrons. The van der Waals surface area contributed by atoms with Crippen molar-refractivity contribution in [2.24, 2.45) is 0 Å². The van der Waals surface area contributed by atoms with E-state index in [2.05, 4.69) is 10.3 Å². The minimum absolute atomic E-state index is 0.00937. The van der Waals surface area contributed by atoms with E-state index >= 15 is 0 Å². The molecule has 1 aromatic heterocycles. The second-order valence-corrected chi connectivity index (χ2v) is 4.26. The summed E-state index contributed by atoms with van der Waals surface area (Å²) < 4.78 is 35.6.